The van der Waals surface area contributed by atoms with Crippen molar-refractivity contribution in [2.45, 2.75) is 32.4 Å². The summed E-state index contributed by atoms with van der Waals surface area (Å²) in [6.45, 7) is 4.89. The molecule has 1 unspecified atom stereocenters. The molecule has 4 rings (SSSR count). The Morgan fingerprint density at radius 3 is 2.67 bits per heavy atom. The normalized spacial score (nSPS) is 15.2. The molecule has 0 spiro atoms. The molecule has 1 aromatic heterocycles. The second-order valence-corrected chi connectivity index (χ2v) is 8.17. The molecule has 1 amide bonds. The third kappa shape index (κ3) is 4.68. The zero-order valence-corrected chi connectivity index (χ0v) is 18.0. The molecule has 1 saturated heterocycles. The fourth-order valence-corrected chi connectivity index (χ4v) is 4.26. The summed E-state index contributed by atoms with van der Waals surface area (Å²) in [5, 5.41) is 10.3. The minimum absolute atomic E-state index is 0.0680. The van der Waals surface area contributed by atoms with E-state index in [1.54, 1.807) is 4.57 Å². The van der Waals surface area contributed by atoms with Gasteiger partial charge in [-0.1, -0.05) is 54.1 Å². The Hall–Kier alpha value is -2.77. The second kappa shape index (κ2) is 9.36. The molecule has 1 fully saturated rings. The fraction of sp³-hybridized carbons (Fsp3) is 0.348. The van der Waals surface area contributed by atoms with Gasteiger partial charge >= 0.3 is 0 Å². The van der Waals surface area contributed by atoms with Gasteiger partial charge in [0.2, 0.25) is 5.91 Å². The largest absolute Gasteiger partial charge is 0.353 e. The van der Waals surface area contributed by atoms with Crippen molar-refractivity contribution in [1.29, 1.82) is 0 Å². The Labute approximate surface area is 181 Å². The van der Waals surface area contributed by atoms with Crippen molar-refractivity contribution < 1.29 is 4.79 Å². The van der Waals surface area contributed by atoms with Gasteiger partial charge in [0.1, 0.15) is 6.54 Å². The van der Waals surface area contributed by atoms with Crippen molar-refractivity contribution in [3.05, 3.63) is 70.5 Å². The van der Waals surface area contributed by atoms with Crippen molar-refractivity contribution in [3.63, 3.8) is 0 Å². The highest BCUT2D eigenvalue weighted by molar-refractivity contribution is 7.71. The van der Waals surface area contributed by atoms with Crippen LogP contribution in [0.2, 0.25) is 0 Å². The van der Waals surface area contributed by atoms with Gasteiger partial charge in [-0.15, -0.1) is 0 Å². The van der Waals surface area contributed by atoms with Crippen molar-refractivity contribution in [2.75, 3.05) is 19.6 Å². The number of aromatic amines is 1. The number of H-pyrrole nitrogens is 1. The molecule has 2 aromatic carbocycles. The summed E-state index contributed by atoms with van der Waals surface area (Å²) in [7, 11) is 0. The molecule has 0 bridgehead atoms. The van der Waals surface area contributed by atoms with Crippen LogP contribution >= 0.6 is 12.2 Å². The summed E-state index contributed by atoms with van der Waals surface area (Å²) in [5.74, 6) is 0.611. The van der Waals surface area contributed by atoms with Crippen LogP contribution in [0.3, 0.4) is 0 Å². The van der Waals surface area contributed by atoms with Crippen molar-refractivity contribution in [1.82, 2.24) is 25.0 Å². The van der Waals surface area contributed by atoms with E-state index in [9.17, 15) is 4.79 Å². The van der Waals surface area contributed by atoms with Crippen LogP contribution in [-0.4, -0.2) is 45.2 Å². The molecule has 1 aliphatic heterocycles. The summed E-state index contributed by atoms with van der Waals surface area (Å²) in [5.41, 5.74) is 3.31. The summed E-state index contributed by atoms with van der Waals surface area (Å²) < 4.78 is 2.20. The van der Waals surface area contributed by atoms with E-state index in [1.165, 1.54) is 18.4 Å². The fourth-order valence-electron chi connectivity index (χ4n) is 4.07. The number of likely N-dealkylation sites (tertiary alicyclic amines) is 1. The van der Waals surface area contributed by atoms with Crippen LogP contribution in [0, 0.1) is 11.7 Å². The average molecular weight is 422 g/mol. The van der Waals surface area contributed by atoms with E-state index in [0.29, 0.717) is 17.1 Å². The third-order valence-electron chi connectivity index (χ3n) is 5.59. The first kappa shape index (κ1) is 20.5. The average Bonchev–Trinajstić information content (AvgIpc) is 3.40. The molecule has 7 heteroatoms. The van der Waals surface area contributed by atoms with E-state index in [2.05, 4.69) is 44.7 Å². The standard InChI is InChI=1S/C23H27N5OS/c1-17-8-7-11-19(14-17)22-25-26-23(30)28(22)16-21(29)24-15-20(27-12-5-6-13-27)18-9-3-2-4-10-18/h2-4,7-11,14,20H,5-6,12-13,15-16H2,1H3,(H,24,29)(H,26,30). The molecule has 0 radical (unpaired) electrons. The predicted molar refractivity (Wildman–Crippen MR) is 121 cm³/mol. The van der Waals surface area contributed by atoms with Crippen LogP contribution in [0.25, 0.3) is 11.4 Å². The number of carbonyl (C=O) groups excluding carboxylic acids is 1. The number of hydrogen-bond acceptors (Lipinski definition) is 4. The van der Waals surface area contributed by atoms with Gasteiger partial charge in [-0.3, -0.25) is 19.4 Å². The molecule has 3 aromatic rings. The molecule has 1 aliphatic rings. The molecular weight excluding hydrogens is 394 g/mol. The van der Waals surface area contributed by atoms with E-state index in [0.717, 1.165) is 24.2 Å². The van der Waals surface area contributed by atoms with Crippen LogP contribution in [-0.2, 0) is 11.3 Å². The maximum atomic E-state index is 12.8. The summed E-state index contributed by atoms with van der Waals surface area (Å²) >= 11 is 5.38. The number of amides is 1. The second-order valence-electron chi connectivity index (χ2n) is 7.78. The SMILES string of the molecule is Cc1cccc(-c2n[nH]c(=S)n2CC(=O)NCC(c2ccccc2)N2CCCC2)c1. The highest BCUT2D eigenvalue weighted by Crippen LogP contribution is 2.24. The zero-order chi connectivity index (χ0) is 20.9. The number of carbonyl (C=O) groups is 1. The van der Waals surface area contributed by atoms with Crippen molar-refractivity contribution in [2.24, 2.45) is 0 Å². The Bertz CT molecular complexity index is 1050. The van der Waals surface area contributed by atoms with E-state index >= 15 is 0 Å². The van der Waals surface area contributed by atoms with Crippen LogP contribution in [0.5, 0.6) is 0 Å². The quantitative estimate of drug-likeness (QED) is 0.569. The number of aryl methyl sites for hydroxylation is 1. The van der Waals surface area contributed by atoms with Crippen LogP contribution in [0.1, 0.15) is 30.0 Å². The van der Waals surface area contributed by atoms with Gasteiger partial charge in [0, 0.05) is 12.1 Å². The lowest BCUT2D eigenvalue weighted by Crippen LogP contribution is -2.38. The number of hydrogen-bond donors (Lipinski definition) is 2. The lowest BCUT2D eigenvalue weighted by atomic mass is 10.1. The smallest absolute Gasteiger partial charge is 0.240 e. The van der Waals surface area contributed by atoms with E-state index in [1.807, 2.05) is 37.3 Å². The molecule has 2 heterocycles. The maximum Gasteiger partial charge on any atom is 0.240 e. The van der Waals surface area contributed by atoms with Crippen molar-refractivity contribution >= 4 is 18.1 Å². The van der Waals surface area contributed by atoms with Gasteiger partial charge in [0.15, 0.2) is 10.6 Å². The molecule has 30 heavy (non-hydrogen) atoms. The summed E-state index contributed by atoms with van der Waals surface area (Å²) in [6.07, 6.45) is 2.42. The predicted octanol–water partition coefficient (Wildman–Crippen LogP) is 3.87. The number of rotatable bonds is 7. The third-order valence-corrected chi connectivity index (χ3v) is 5.91. The maximum absolute atomic E-state index is 12.8. The molecule has 2 N–H and O–H groups in total. The topological polar surface area (TPSA) is 66.0 Å². The highest BCUT2D eigenvalue weighted by Gasteiger charge is 2.24. The van der Waals surface area contributed by atoms with Crippen LogP contribution in [0.4, 0.5) is 0 Å². The number of benzene rings is 2. The Balaban J connectivity index is 1.47. The summed E-state index contributed by atoms with van der Waals surface area (Å²) in [4.78, 5) is 15.3. The molecule has 6 nitrogen and oxygen atoms in total. The van der Waals surface area contributed by atoms with Gasteiger partial charge in [0.25, 0.3) is 0 Å². The molecule has 156 valence electrons. The first-order chi connectivity index (χ1) is 14.6. The minimum atomic E-state index is -0.0680. The molecule has 0 saturated carbocycles. The monoisotopic (exact) mass is 421 g/mol. The van der Waals surface area contributed by atoms with Gasteiger partial charge < -0.3 is 5.32 Å². The van der Waals surface area contributed by atoms with E-state index in [-0.39, 0.29) is 18.5 Å². The van der Waals surface area contributed by atoms with Crippen LogP contribution < -0.4 is 5.32 Å². The summed E-state index contributed by atoms with van der Waals surface area (Å²) in [6, 6.07) is 18.6. The van der Waals surface area contributed by atoms with Gasteiger partial charge in [-0.2, -0.15) is 5.10 Å². The zero-order valence-electron chi connectivity index (χ0n) is 17.2. The molecule has 0 aliphatic carbocycles. The minimum Gasteiger partial charge on any atom is -0.353 e. The van der Waals surface area contributed by atoms with Gasteiger partial charge in [-0.25, -0.2) is 0 Å². The Morgan fingerprint density at radius 2 is 1.93 bits per heavy atom. The Morgan fingerprint density at radius 1 is 1.17 bits per heavy atom. The lowest BCUT2D eigenvalue weighted by molar-refractivity contribution is -0.121. The van der Waals surface area contributed by atoms with Crippen molar-refractivity contribution in [3.8, 4) is 11.4 Å². The number of aromatic nitrogens is 3. The molecule has 1 atom stereocenters. The molecular formula is C23H27N5OS. The first-order valence-corrected chi connectivity index (χ1v) is 10.8. The number of nitrogens with zero attached hydrogens (tertiary/aromatic N) is 3. The lowest BCUT2D eigenvalue weighted by Gasteiger charge is -2.28. The van der Waals surface area contributed by atoms with E-state index in [4.69, 9.17) is 12.2 Å². The first-order valence-electron chi connectivity index (χ1n) is 10.4. The highest BCUT2D eigenvalue weighted by atomic mass is 32.1. The van der Waals surface area contributed by atoms with Crippen LogP contribution in [0.15, 0.2) is 54.6 Å². The Kier molecular flexibility index (Phi) is 6.40. The van der Waals surface area contributed by atoms with E-state index < -0.39 is 0 Å². The van der Waals surface area contributed by atoms with Gasteiger partial charge in [-0.05, 0) is 56.7 Å². The van der Waals surface area contributed by atoms with Gasteiger partial charge in [0.05, 0.1) is 6.04 Å². The number of nitrogens with one attached hydrogen (secondary N) is 2.